The molecule has 0 radical (unpaired) electrons. The van der Waals surface area contributed by atoms with Gasteiger partial charge in [-0.15, -0.1) is 0 Å². The summed E-state index contributed by atoms with van der Waals surface area (Å²) in [5.74, 6) is -0.772. The van der Waals surface area contributed by atoms with Crippen molar-refractivity contribution in [2.24, 2.45) is 0 Å². The fraction of sp³-hybridized carbons (Fsp3) is 0.364. The van der Waals surface area contributed by atoms with E-state index in [4.69, 9.17) is 4.55 Å². The molecule has 35 heavy (non-hydrogen) atoms. The van der Waals surface area contributed by atoms with Crippen molar-refractivity contribution in [3.63, 3.8) is 0 Å². The number of fused-ring (bicyclic) bond motifs is 1. The normalized spacial score (nSPS) is 14.3. The summed E-state index contributed by atoms with van der Waals surface area (Å²) < 4.78 is 60.4. The molecule has 3 aromatic rings. The maximum Gasteiger partial charge on any atom is 0.270 e. The van der Waals surface area contributed by atoms with Crippen molar-refractivity contribution in [2.45, 2.75) is 25.2 Å². The number of hydrogen-bond acceptors (Lipinski definition) is 6. The SMILES string of the molecule is CNC(=O)c1c2cc(C3CC3)c(N(CCCS(=O)(=O)O)S(C)(=O)=O)cc2nn1-c1ccc(Br)cc1. The van der Waals surface area contributed by atoms with Gasteiger partial charge in [0.15, 0.2) is 0 Å². The van der Waals surface area contributed by atoms with Crippen LogP contribution in [0.2, 0.25) is 0 Å². The maximum atomic E-state index is 12.9. The van der Waals surface area contributed by atoms with E-state index in [-0.39, 0.29) is 24.8 Å². The smallest absolute Gasteiger partial charge is 0.270 e. The van der Waals surface area contributed by atoms with Crippen LogP contribution in [0.15, 0.2) is 40.9 Å². The number of nitrogens with one attached hydrogen (secondary N) is 1. The van der Waals surface area contributed by atoms with Gasteiger partial charge in [0, 0.05) is 23.5 Å². The van der Waals surface area contributed by atoms with Gasteiger partial charge >= 0.3 is 0 Å². The molecule has 2 aromatic carbocycles. The molecule has 0 spiro atoms. The van der Waals surface area contributed by atoms with Crippen molar-refractivity contribution in [1.29, 1.82) is 0 Å². The molecular weight excluding hydrogens is 560 g/mol. The quantitative estimate of drug-likeness (QED) is 0.368. The predicted octanol–water partition coefficient (Wildman–Crippen LogP) is 3.07. The van der Waals surface area contributed by atoms with Crippen LogP contribution in [-0.4, -0.2) is 62.7 Å². The lowest BCUT2D eigenvalue weighted by Gasteiger charge is -2.25. The molecule has 0 unspecified atom stereocenters. The topological polar surface area (TPSA) is 139 Å². The lowest BCUT2D eigenvalue weighted by molar-refractivity contribution is 0.0957. The van der Waals surface area contributed by atoms with Crippen LogP contribution < -0.4 is 9.62 Å². The van der Waals surface area contributed by atoms with E-state index in [0.29, 0.717) is 28.0 Å². The van der Waals surface area contributed by atoms with Crippen LogP contribution in [0.25, 0.3) is 16.6 Å². The van der Waals surface area contributed by atoms with Crippen LogP contribution in [0.1, 0.15) is 41.2 Å². The van der Waals surface area contributed by atoms with Crippen molar-refractivity contribution in [2.75, 3.05) is 29.9 Å². The summed E-state index contributed by atoms with van der Waals surface area (Å²) in [5.41, 5.74) is 2.58. The van der Waals surface area contributed by atoms with Crippen molar-refractivity contribution >= 4 is 58.6 Å². The van der Waals surface area contributed by atoms with Gasteiger partial charge in [0.05, 0.1) is 28.9 Å². The number of carbonyl (C=O) groups excluding carboxylic acids is 1. The Hall–Kier alpha value is -2.48. The molecule has 0 bridgehead atoms. The number of halogens is 1. The number of benzene rings is 2. The maximum absolute atomic E-state index is 12.9. The molecule has 0 atom stereocenters. The Bertz CT molecular complexity index is 1500. The van der Waals surface area contributed by atoms with Gasteiger partial charge < -0.3 is 5.32 Å². The molecule has 1 heterocycles. The Balaban J connectivity index is 1.90. The van der Waals surface area contributed by atoms with Crippen molar-refractivity contribution in [3.8, 4) is 5.69 Å². The van der Waals surface area contributed by atoms with Gasteiger partial charge in [-0.05, 0) is 67.1 Å². The Labute approximate surface area is 212 Å². The summed E-state index contributed by atoms with van der Waals surface area (Å²) in [6.45, 7) is -0.125. The van der Waals surface area contributed by atoms with E-state index in [9.17, 15) is 21.6 Å². The van der Waals surface area contributed by atoms with E-state index in [2.05, 4.69) is 26.3 Å². The molecule has 1 aliphatic carbocycles. The highest BCUT2D eigenvalue weighted by Gasteiger charge is 2.32. The number of nitrogens with zero attached hydrogens (tertiary/aromatic N) is 3. The van der Waals surface area contributed by atoms with Gasteiger partial charge in [0.1, 0.15) is 5.69 Å². The molecule has 188 valence electrons. The van der Waals surface area contributed by atoms with Gasteiger partial charge in [-0.1, -0.05) is 15.9 Å². The molecule has 1 amide bonds. The molecule has 13 heteroatoms. The number of aromatic nitrogens is 2. The van der Waals surface area contributed by atoms with E-state index in [0.717, 1.165) is 33.4 Å². The summed E-state index contributed by atoms with van der Waals surface area (Å²) in [6.07, 6.45) is 2.72. The Morgan fingerprint density at radius 3 is 2.40 bits per heavy atom. The van der Waals surface area contributed by atoms with Gasteiger partial charge in [-0.2, -0.15) is 13.5 Å². The fourth-order valence-corrected chi connectivity index (χ4v) is 5.77. The summed E-state index contributed by atoms with van der Waals surface area (Å²) in [7, 11) is -6.47. The van der Waals surface area contributed by atoms with E-state index in [1.54, 1.807) is 6.07 Å². The van der Waals surface area contributed by atoms with Crippen molar-refractivity contribution in [1.82, 2.24) is 15.1 Å². The standard InChI is InChI=1S/C22H25BrN4O6S2/c1-24-22(28)21-18-12-17(14-4-5-14)20(26(34(2,29)30)10-3-11-35(31,32)33)13-19(18)25-27(21)16-8-6-15(23)7-9-16/h6-9,12-14H,3-5,10-11H2,1-2H3,(H,24,28)(H,31,32,33). The largest absolute Gasteiger partial charge is 0.354 e. The predicted molar refractivity (Wildman–Crippen MR) is 137 cm³/mol. The number of rotatable bonds is 9. The van der Waals surface area contributed by atoms with E-state index in [1.807, 2.05) is 30.3 Å². The second-order valence-corrected chi connectivity index (χ2v) is 12.9. The second kappa shape index (κ2) is 9.52. The molecule has 0 saturated heterocycles. The van der Waals surface area contributed by atoms with Crippen LogP contribution in [0, 0.1) is 0 Å². The lowest BCUT2D eigenvalue weighted by atomic mass is 10.0. The van der Waals surface area contributed by atoms with Gasteiger partial charge in [-0.25, -0.2) is 13.1 Å². The highest BCUT2D eigenvalue weighted by Crippen LogP contribution is 2.46. The summed E-state index contributed by atoms with van der Waals surface area (Å²) >= 11 is 3.40. The van der Waals surface area contributed by atoms with Gasteiger partial charge in [0.2, 0.25) is 10.0 Å². The zero-order valence-electron chi connectivity index (χ0n) is 19.1. The Morgan fingerprint density at radius 1 is 1.20 bits per heavy atom. The molecule has 1 aromatic heterocycles. The molecule has 1 saturated carbocycles. The summed E-state index contributed by atoms with van der Waals surface area (Å²) in [4.78, 5) is 12.9. The van der Waals surface area contributed by atoms with E-state index >= 15 is 0 Å². The van der Waals surface area contributed by atoms with Gasteiger partial charge in [-0.3, -0.25) is 13.7 Å². The number of sulfonamides is 1. The zero-order valence-corrected chi connectivity index (χ0v) is 22.3. The minimum absolute atomic E-state index is 0.0785. The highest BCUT2D eigenvalue weighted by molar-refractivity contribution is 9.10. The first-order valence-corrected chi connectivity index (χ1v) is 15.1. The minimum atomic E-state index is -4.23. The first-order valence-electron chi connectivity index (χ1n) is 10.9. The van der Waals surface area contributed by atoms with Crippen LogP contribution >= 0.6 is 15.9 Å². The molecule has 4 rings (SSSR count). The lowest BCUT2D eigenvalue weighted by Crippen LogP contribution is -2.32. The fourth-order valence-electron chi connectivity index (χ4n) is 4.04. The molecule has 1 aliphatic rings. The average molecular weight is 586 g/mol. The molecule has 1 fully saturated rings. The van der Waals surface area contributed by atoms with E-state index in [1.165, 1.54) is 11.7 Å². The molecular formula is C22H25BrN4O6S2. The molecule has 10 nitrogen and oxygen atoms in total. The first kappa shape index (κ1) is 25.6. The van der Waals surface area contributed by atoms with Crippen LogP contribution in [-0.2, 0) is 20.1 Å². The number of carbonyl (C=O) groups is 1. The monoisotopic (exact) mass is 584 g/mol. The highest BCUT2D eigenvalue weighted by atomic mass is 79.9. The van der Waals surface area contributed by atoms with Crippen molar-refractivity contribution < 1.29 is 26.2 Å². The van der Waals surface area contributed by atoms with Crippen molar-refractivity contribution in [3.05, 3.63) is 52.1 Å². The second-order valence-electron chi connectivity index (χ2n) is 8.49. The number of anilines is 1. The number of hydrogen-bond donors (Lipinski definition) is 2. The third-order valence-corrected chi connectivity index (χ3v) is 8.30. The van der Waals surface area contributed by atoms with Gasteiger partial charge in [0.25, 0.3) is 16.0 Å². The average Bonchev–Trinajstić information content (AvgIpc) is 3.55. The van der Waals surface area contributed by atoms with Crippen LogP contribution in [0.4, 0.5) is 5.69 Å². The Kier molecular flexibility index (Phi) is 6.97. The first-order chi connectivity index (χ1) is 16.4. The summed E-state index contributed by atoms with van der Waals surface area (Å²) in [5, 5.41) is 7.87. The molecule has 0 aliphatic heterocycles. The summed E-state index contributed by atoms with van der Waals surface area (Å²) in [6, 6.07) is 10.7. The van der Waals surface area contributed by atoms with E-state index < -0.39 is 25.9 Å². The Morgan fingerprint density at radius 2 is 1.86 bits per heavy atom. The zero-order chi connectivity index (χ0) is 25.5. The minimum Gasteiger partial charge on any atom is -0.354 e. The third-order valence-electron chi connectivity index (χ3n) is 5.78. The van der Waals surface area contributed by atoms with Crippen LogP contribution in [0.3, 0.4) is 0 Å². The number of amides is 1. The van der Waals surface area contributed by atoms with Crippen LogP contribution in [0.5, 0.6) is 0 Å². The third kappa shape index (κ3) is 5.68. The molecule has 2 N–H and O–H groups in total.